The highest BCUT2D eigenvalue weighted by Crippen LogP contribution is 2.30. The Morgan fingerprint density at radius 2 is 1.70 bits per heavy atom. The molecule has 0 saturated carbocycles. The van der Waals surface area contributed by atoms with E-state index in [4.69, 9.17) is 0 Å². The molecule has 4 rings (SSSR count). The van der Waals surface area contributed by atoms with E-state index < -0.39 is 0 Å². The quantitative estimate of drug-likeness (QED) is 0.285. The first kappa shape index (κ1) is 23.1. The molecule has 168 valence electrons. The summed E-state index contributed by atoms with van der Waals surface area (Å²) in [4.78, 5) is 14.2. The average Bonchev–Trinajstić information content (AvgIpc) is 3.24. The minimum atomic E-state index is -0.285. The first-order valence-electron chi connectivity index (χ1n) is 10.9. The second-order valence-electron chi connectivity index (χ2n) is 7.54. The van der Waals surface area contributed by atoms with Crippen LogP contribution in [-0.2, 0) is 10.5 Å². The van der Waals surface area contributed by atoms with Gasteiger partial charge in [-0.05, 0) is 55.3 Å². The third-order valence-corrected chi connectivity index (χ3v) is 7.34. The van der Waals surface area contributed by atoms with E-state index in [0.717, 1.165) is 27.9 Å². The Morgan fingerprint density at radius 1 is 0.970 bits per heavy atom. The van der Waals surface area contributed by atoms with E-state index >= 15 is 0 Å². The van der Waals surface area contributed by atoms with Gasteiger partial charge in [-0.15, -0.1) is 22.0 Å². The Balaban J connectivity index is 1.56. The predicted molar refractivity (Wildman–Crippen MR) is 137 cm³/mol. The number of aryl methyl sites for hydroxylation is 1. The molecule has 1 unspecified atom stereocenters. The largest absolute Gasteiger partial charge is 0.325 e. The number of aromatic nitrogens is 3. The van der Waals surface area contributed by atoms with Crippen LogP contribution in [0.25, 0.3) is 5.69 Å². The van der Waals surface area contributed by atoms with Crippen LogP contribution in [0, 0.1) is 6.92 Å². The highest BCUT2D eigenvalue weighted by molar-refractivity contribution is 8.00. The number of nitrogens with one attached hydrogen (secondary N) is 1. The van der Waals surface area contributed by atoms with Crippen molar-refractivity contribution in [1.29, 1.82) is 0 Å². The molecule has 1 heterocycles. The van der Waals surface area contributed by atoms with Gasteiger partial charge in [-0.25, -0.2) is 0 Å². The van der Waals surface area contributed by atoms with Crippen LogP contribution in [0.15, 0.2) is 95.0 Å². The first-order chi connectivity index (χ1) is 16.1. The summed E-state index contributed by atoms with van der Waals surface area (Å²) in [6, 6.07) is 28.2. The number of carbonyl (C=O) groups excluding carboxylic acids is 1. The van der Waals surface area contributed by atoms with E-state index in [1.807, 2.05) is 86.6 Å². The van der Waals surface area contributed by atoms with Crippen molar-refractivity contribution in [2.45, 2.75) is 41.3 Å². The second kappa shape index (κ2) is 11.2. The van der Waals surface area contributed by atoms with Crippen LogP contribution >= 0.6 is 23.5 Å². The summed E-state index contributed by atoms with van der Waals surface area (Å²) >= 11 is 3.17. The van der Waals surface area contributed by atoms with Gasteiger partial charge < -0.3 is 5.32 Å². The molecule has 0 aliphatic rings. The molecule has 7 heteroatoms. The lowest BCUT2D eigenvalue weighted by Gasteiger charge is -2.16. The smallest absolute Gasteiger partial charge is 0.237 e. The Bertz CT molecular complexity index is 1200. The van der Waals surface area contributed by atoms with Crippen LogP contribution < -0.4 is 5.32 Å². The van der Waals surface area contributed by atoms with Crippen molar-refractivity contribution >= 4 is 35.1 Å². The zero-order chi connectivity index (χ0) is 23.0. The van der Waals surface area contributed by atoms with Crippen LogP contribution in [0.3, 0.4) is 0 Å². The van der Waals surface area contributed by atoms with Crippen molar-refractivity contribution < 1.29 is 4.79 Å². The molecule has 0 saturated heterocycles. The summed E-state index contributed by atoms with van der Waals surface area (Å²) in [7, 11) is 0. The molecule has 1 aromatic heterocycles. The summed E-state index contributed by atoms with van der Waals surface area (Å²) in [5, 5.41) is 12.4. The molecule has 0 radical (unpaired) electrons. The van der Waals surface area contributed by atoms with Gasteiger partial charge in [-0.3, -0.25) is 9.36 Å². The number of benzene rings is 3. The third-order valence-electron chi connectivity index (χ3n) is 5.02. The molecule has 0 aliphatic heterocycles. The van der Waals surface area contributed by atoms with Gasteiger partial charge in [0.1, 0.15) is 5.82 Å². The van der Waals surface area contributed by atoms with Gasteiger partial charge in [-0.2, -0.15) is 0 Å². The minimum absolute atomic E-state index is 0.0316. The van der Waals surface area contributed by atoms with E-state index in [0.29, 0.717) is 12.2 Å². The number of para-hydroxylation sites is 1. The highest BCUT2D eigenvalue weighted by atomic mass is 32.2. The maximum Gasteiger partial charge on any atom is 0.237 e. The fourth-order valence-electron chi connectivity index (χ4n) is 3.37. The molecule has 5 nitrogen and oxygen atoms in total. The van der Waals surface area contributed by atoms with Gasteiger partial charge in [0, 0.05) is 16.3 Å². The third kappa shape index (κ3) is 6.06. The molecular weight excluding hydrogens is 448 g/mol. The molecule has 3 aromatic carbocycles. The van der Waals surface area contributed by atoms with Gasteiger partial charge in [0.05, 0.1) is 11.0 Å². The van der Waals surface area contributed by atoms with E-state index in [1.165, 1.54) is 16.7 Å². The van der Waals surface area contributed by atoms with Crippen LogP contribution in [0.1, 0.15) is 24.7 Å². The average molecular weight is 475 g/mol. The van der Waals surface area contributed by atoms with Gasteiger partial charge in [0.2, 0.25) is 5.91 Å². The molecule has 1 atom stereocenters. The number of amides is 1. The molecule has 0 aliphatic carbocycles. The van der Waals surface area contributed by atoms with E-state index in [2.05, 4.69) is 32.2 Å². The maximum absolute atomic E-state index is 13.0. The topological polar surface area (TPSA) is 59.8 Å². The SMILES string of the molecule is CCC(Sc1nnc(CSc2ccccc2)n1-c1ccccc1)C(=O)Nc1cccc(C)c1. The summed E-state index contributed by atoms with van der Waals surface area (Å²) in [5.74, 6) is 1.50. The lowest BCUT2D eigenvalue weighted by Crippen LogP contribution is -2.25. The molecule has 1 amide bonds. The second-order valence-corrected chi connectivity index (χ2v) is 9.76. The number of nitrogens with zero attached hydrogens (tertiary/aromatic N) is 3. The number of rotatable bonds is 9. The van der Waals surface area contributed by atoms with Crippen molar-refractivity contribution in [2.75, 3.05) is 5.32 Å². The molecule has 33 heavy (non-hydrogen) atoms. The fraction of sp³-hybridized carbons (Fsp3) is 0.192. The standard InChI is InChI=1S/C26H26N4OS2/c1-3-23(25(31)27-20-12-10-11-19(2)17-20)33-26-29-28-24(18-32-22-15-8-5-9-16-22)30(26)21-13-6-4-7-14-21/h4-17,23H,3,18H2,1-2H3,(H,27,31). The Kier molecular flexibility index (Phi) is 7.86. The zero-order valence-electron chi connectivity index (χ0n) is 18.6. The van der Waals surface area contributed by atoms with Crippen LogP contribution in [0.5, 0.6) is 0 Å². The molecule has 0 fully saturated rings. The molecule has 4 aromatic rings. The summed E-state index contributed by atoms with van der Waals surface area (Å²) in [5.41, 5.74) is 2.91. The number of hydrogen-bond acceptors (Lipinski definition) is 5. The van der Waals surface area contributed by atoms with Gasteiger partial charge in [0.25, 0.3) is 0 Å². The van der Waals surface area contributed by atoms with Gasteiger partial charge in [-0.1, -0.05) is 67.2 Å². The Hall–Kier alpha value is -3.03. The fourth-order valence-corrected chi connectivity index (χ4v) is 5.19. The normalized spacial score (nSPS) is 11.8. The van der Waals surface area contributed by atoms with Crippen molar-refractivity contribution in [3.63, 3.8) is 0 Å². The van der Waals surface area contributed by atoms with Gasteiger partial charge >= 0.3 is 0 Å². The lowest BCUT2D eigenvalue weighted by molar-refractivity contribution is -0.115. The predicted octanol–water partition coefficient (Wildman–Crippen LogP) is 6.38. The minimum Gasteiger partial charge on any atom is -0.325 e. The van der Waals surface area contributed by atoms with Crippen molar-refractivity contribution in [1.82, 2.24) is 14.8 Å². The van der Waals surface area contributed by atoms with Gasteiger partial charge in [0.15, 0.2) is 5.16 Å². The molecule has 0 spiro atoms. The number of carbonyl (C=O) groups is 1. The summed E-state index contributed by atoms with van der Waals surface area (Å²) in [6.45, 7) is 4.03. The van der Waals surface area contributed by atoms with Crippen LogP contribution in [0.2, 0.25) is 0 Å². The molecule has 0 bridgehead atoms. The maximum atomic E-state index is 13.0. The van der Waals surface area contributed by atoms with E-state index in [-0.39, 0.29) is 11.2 Å². The van der Waals surface area contributed by atoms with Crippen molar-refractivity contribution in [2.24, 2.45) is 0 Å². The Labute approximate surface area is 203 Å². The summed E-state index contributed by atoms with van der Waals surface area (Å²) < 4.78 is 2.06. The number of hydrogen-bond donors (Lipinski definition) is 1. The van der Waals surface area contributed by atoms with Crippen LogP contribution in [-0.4, -0.2) is 25.9 Å². The first-order valence-corrected chi connectivity index (χ1v) is 12.7. The number of thioether (sulfide) groups is 2. The lowest BCUT2D eigenvalue weighted by atomic mass is 10.2. The monoisotopic (exact) mass is 474 g/mol. The highest BCUT2D eigenvalue weighted by Gasteiger charge is 2.23. The zero-order valence-corrected chi connectivity index (χ0v) is 20.3. The van der Waals surface area contributed by atoms with Crippen molar-refractivity contribution in [3.8, 4) is 5.69 Å². The van der Waals surface area contributed by atoms with Crippen molar-refractivity contribution in [3.05, 3.63) is 96.3 Å². The molecule has 1 N–H and O–H groups in total. The van der Waals surface area contributed by atoms with Crippen LogP contribution in [0.4, 0.5) is 5.69 Å². The van der Waals surface area contributed by atoms with E-state index in [9.17, 15) is 4.79 Å². The number of anilines is 1. The summed E-state index contributed by atoms with van der Waals surface area (Å²) in [6.07, 6.45) is 0.679. The Morgan fingerprint density at radius 3 is 2.39 bits per heavy atom. The van der Waals surface area contributed by atoms with E-state index in [1.54, 1.807) is 11.8 Å². The molecular formula is C26H26N4OS2.